The number of aromatic nitrogens is 2. The highest BCUT2D eigenvalue weighted by molar-refractivity contribution is 5.79. The lowest BCUT2D eigenvalue weighted by Gasteiger charge is -2.44. The Balaban J connectivity index is 0.000000345. The van der Waals surface area contributed by atoms with Crippen molar-refractivity contribution in [1.29, 1.82) is 0 Å². The largest absolute Gasteiger partial charge is 0.490 e. The maximum absolute atomic E-state index is 12.4. The third kappa shape index (κ3) is 5.54. The molecule has 2 saturated heterocycles. The van der Waals surface area contributed by atoms with Gasteiger partial charge >= 0.3 is 12.1 Å². The molecular formula is C17H23F3N4O4. The van der Waals surface area contributed by atoms with Gasteiger partial charge in [-0.05, 0) is 18.9 Å². The van der Waals surface area contributed by atoms with E-state index in [9.17, 15) is 18.0 Å². The molecule has 0 bridgehead atoms. The van der Waals surface area contributed by atoms with Crippen LogP contribution in [-0.4, -0.2) is 77.9 Å². The van der Waals surface area contributed by atoms with E-state index in [4.69, 9.17) is 14.6 Å². The quantitative estimate of drug-likeness (QED) is 0.797. The van der Waals surface area contributed by atoms with Crippen LogP contribution in [0.4, 0.5) is 19.1 Å². The SMILES string of the molecule is CN(C)C(=O)[C@@H]1CCO[C@@H]2CCN(c3ncccn3)C[C@@H]21.O=C(O)C(F)(F)F. The fourth-order valence-electron chi connectivity index (χ4n) is 3.39. The van der Waals surface area contributed by atoms with Crippen LogP contribution in [0.2, 0.25) is 0 Å². The van der Waals surface area contributed by atoms with Crippen molar-refractivity contribution in [2.45, 2.75) is 25.1 Å². The molecule has 3 rings (SSSR count). The number of carbonyl (C=O) groups excluding carboxylic acids is 1. The van der Waals surface area contributed by atoms with Gasteiger partial charge in [-0.15, -0.1) is 0 Å². The molecule has 0 aliphatic carbocycles. The number of carboxylic acid groups (broad SMARTS) is 1. The predicted octanol–water partition coefficient (Wildman–Crippen LogP) is 1.43. The van der Waals surface area contributed by atoms with Crippen molar-refractivity contribution in [2.75, 3.05) is 38.7 Å². The molecule has 0 unspecified atom stereocenters. The lowest BCUT2D eigenvalue weighted by Crippen LogP contribution is -2.53. The molecule has 0 saturated carbocycles. The molecule has 156 valence electrons. The first-order chi connectivity index (χ1) is 13.1. The maximum Gasteiger partial charge on any atom is 0.490 e. The summed E-state index contributed by atoms with van der Waals surface area (Å²) in [6.07, 6.45) is 0.359. The second-order valence-corrected chi connectivity index (χ2v) is 6.79. The van der Waals surface area contributed by atoms with E-state index in [0.29, 0.717) is 6.61 Å². The molecule has 3 atom stereocenters. The number of fused-ring (bicyclic) bond motifs is 1. The molecule has 1 N–H and O–H groups in total. The fourth-order valence-corrected chi connectivity index (χ4v) is 3.39. The molecule has 2 aliphatic rings. The number of anilines is 1. The van der Waals surface area contributed by atoms with Crippen LogP contribution in [0.1, 0.15) is 12.8 Å². The monoisotopic (exact) mass is 404 g/mol. The summed E-state index contributed by atoms with van der Waals surface area (Å²) < 4.78 is 37.6. The van der Waals surface area contributed by atoms with E-state index in [2.05, 4.69) is 14.9 Å². The van der Waals surface area contributed by atoms with Gasteiger partial charge < -0.3 is 19.6 Å². The number of rotatable bonds is 2. The van der Waals surface area contributed by atoms with E-state index < -0.39 is 12.1 Å². The van der Waals surface area contributed by atoms with Crippen molar-refractivity contribution in [3.8, 4) is 0 Å². The molecule has 8 nitrogen and oxygen atoms in total. The van der Waals surface area contributed by atoms with Crippen LogP contribution >= 0.6 is 0 Å². The highest BCUT2D eigenvalue weighted by Gasteiger charge is 2.42. The molecule has 0 aromatic carbocycles. The zero-order valence-electron chi connectivity index (χ0n) is 15.6. The van der Waals surface area contributed by atoms with E-state index in [1.165, 1.54) is 0 Å². The second kappa shape index (κ2) is 9.18. The number of carboxylic acids is 1. The molecule has 0 spiro atoms. The van der Waals surface area contributed by atoms with Gasteiger partial charge in [0.2, 0.25) is 11.9 Å². The summed E-state index contributed by atoms with van der Waals surface area (Å²) in [7, 11) is 3.65. The first-order valence-electron chi connectivity index (χ1n) is 8.76. The third-order valence-electron chi connectivity index (χ3n) is 4.71. The van der Waals surface area contributed by atoms with Crippen LogP contribution in [0.5, 0.6) is 0 Å². The fraction of sp³-hybridized carbons (Fsp3) is 0.647. The molecule has 2 aliphatic heterocycles. The van der Waals surface area contributed by atoms with Crippen molar-refractivity contribution in [1.82, 2.24) is 14.9 Å². The van der Waals surface area contributed by atoms with Gasteiger partial charge in [-0.25, -0.2) is 14.8 Å². The van der Waals surface area contributed by atoms with Crippen molar-refractivity contribution >= 4 is 17.8 Å². The molecule has 1 amide bonds. The highest BCUT2D eigenvalue weighted by atomic mass is 19.4. The minimum atomic E-state index is -5.08. The lowest BCUT2D eigenvalue weighted by atomic mass is 9.79. The Kier molecular flexibility index (Phi) is 7.17. The number of carbonyl (C=O) groups is 2. The number of ether oxygens (including phenoxy) is 1. The normalized spacial score (nSPS) is 24.5. The summed E-state index contributed by atoms with van der Waals surface area (Å²) in [5.74, 6) is -1.52. The van der Waals surface area contributed by atoms with Crippen molar-refractivity contribution in [3.63, 3.8) is 0 Å². The summed E-state index contributed by atoms with van der Waals surface area (Å²) >= 11 is 0. The van der Waals surface area contributed by atoms with Crippen LogP contribution in [0.15, 0.2) is 18.5 Å². The van der Waals surface area contributed by atoms with Crippen molar-refractivity contribution < 1.29 is 32.6 Å². The van der Waals surface area contributed by atoms with Crippen LogP contribution in [0.25, 0.3) is 0 Å². The average molecular weight is 404 g/mol. The number of halogens is 3. The van der Waals surface area contributed by atoms with E-state index in [0.717, 1.165) is 31.9 Å². The molecule has 0 radical (unpaired) electrons. The molecule has 3 heterocycles. The van der Waals surface area contributed by atoms with E-state index in [1.807, 2.05) is 20.2 Å². The Morgan fingerprint density at radius 3 is 2.39 bits per heavy atom. The molecule has 28 heavy (non-hydrogen) atoms. The highest BCUT2D eigenvalue weighted by Crippen LogP contribution is 2.34. The number of hydrogen-bond donors (Lipinski definition) is 1. The van der Waals surface area contributed by atoms with Crippen LogP contribution in [0.3, 0.4) is 0 Å². The first kappa shape index (κ1) is 21.9. The Hall–Kier alpha value is -2.43. The van der Waals surface area contributed by atoms with Gasteiger partial charge in [0.1, 0.15) is 0 Å². The Bertz CT molecular complexity index is 672. The summed E-state index contributed by atoms with van der Waals surface area (Å²) in [6.45, 7) is 2.36. The Morgan fingerprint density at radius 1 is 1.25 bits per heavy atom. The van der Waals surface area contributed by atoms with Gasteiger partial charge in [-0.1, -0.05) is 0 Å². The predicted molar refractivity (Wildman–Crippen MR) is 92.6 cm³/mol. The van der Waals surface area contributed by atoms with E-state index in [1.54, 1.807) is 17.3 Å². The molecule has 1 aromatic rings. The van der Waals surface area contributed by atoms with Crippen LogP contribution in [-0.2, 0) is 14.3 Å². The number of aliphatic carboxylic acids is 1. The summed E-state index contributed by atoms with van der Waals surface area (Å²) in [4.78, 5) is 33.8. The van der Waals surface area contributed by atoms with Gasteiger partial charge in [0, 0.05) is 58.0 Å². The lowest BCUT2D eigenvalue weighted by molar-refractivity contribution is -0.192. The van der Waals surface area contributed by atoms with Gasteiger partial charge in [-0.2, -0.15) is 13.2 Å². The molecule has 1 aromatic heterocycles. The first-order valence-corrected chi connectivity index (χ1v) is 8.76. The number of piperidine rings is 1. The zero-order valence-corrected chi connectivity index (χ0v) is 15.6. The Labute approximate surface area is 160 Å². The standard InChI is InChI=1S/C15H22N4O2.C2HF3O2/c1-18(2)14(20)11-5-9-21-13-4-8-19(10-12(11)13)15-16-6-3-7-17-15;3-2(4,5)1(6)7/h3,6-7,11-13H,4-5,8-10H2,1-2H3;(H,6,7)/t11-,12-,13-;/m1./s1. The minimum Gasteiger partial charge on any atom is -0.475 e. The third-order valence-corrected chi connectivity index (χ3v) is 4.71. The van der Waals surface area contributed by atoms with Gasteiger partial charge in [0.25, 0.3) is 0 Å². The number of hydrogen-bond acceptors (Lipinski definition) is 6. The second-order valence-electron chi connectivity index (χ2n) is 6.79. The van der Waals surface area contributed by atoms with E-state index >= 15 is 0 Å². The minimum absolute atomic E-state index is 0.0465. The summed E-state index contributed by atoms with van der Waals surface area (Å²) in [5.41, 5.74) is 0. The van der Waals surface area contributed by atoms with Gasteiger partial charge in [0.15, 0.2) is 0 Å². The molecular weight excluding hydrogens is 381 g/mol. The topological polar surface area (TPSA) is 95.9 Å². The number of nitrogens with zero attached hydrogens (tertiary/aromatic N) is 4. The van der Waals surface area contributed by atoms with Crippen molar-refractivity contribution in [2.24, 2.45) is 11.8 Å². The van der Waals surface area contributed by atoms with Crippen LogP contribution in [0, 0.1) is 11.8 Å². The summed E-state index contributed by atoms with van der Waals surface area (Å²) in [5, 5.41) is 7.12. The van der Waals surface area contributed by atoms with E-state index in [-0.39, 0.29) is 23.8 Å². The Morgan fingerprint density at radius 2 is 1.86 bits per heavy atom. The van der Waals surface area contributed by atoms with Crippen LogP contribution < -0.4 is 4.90 Å². The summed E-state index contributed by atoms with van der Waals surface area (Å²) in [6, 6.07) is 1.82. The smallest absolute Gasteiger partial charge is 0.475 e. The zero-order chi connectivity index (χ0) is 20.9. The van der Waals surface area contributed by atoms with Crippen molar-refractivity contribution in [3.05, 3.63) is 18.5 Å². The van der Waals surface area contributed by atoms with Gasteiger partial charge in [-0.3, -0.25) is 4.79 Å². The molecule has 2 fully saturated rings. The number of alkyl halides is 3. The maximum atomic E-state index is 12.4. The van der Waals surface area contributed by atoms with Gasteiger partial charge in [0.05, 0.1) is 6.10 Å². The molecule has 11 heteroatoms. The average Bonchev–Trinajstić information content (AvgIpc) is 2.67. The number of amides is 1.